The maximum absolute atomic E-state index is 9.22. The van der Waals surface area contributed by atoms with Crippen LogP contribution in [0, 0.1) is 11.3 Å². The van der Waals surface area contributed by atoms with E-state index >= 15 is 0 Å². The molecule has 0 bridgehead atoms. The Morgan fingerprint density at radius 2 is 2.47 bits per heavy atom. The Kier molecular flexibility index (Phi) is 3.69. The molecule has 1 heterocycles. The topological polar surface area (TPSA) is 66.5 Å². The molecule has 1 atom stereocenters. The molecule has 92 valence electrons. The largest absolute Gasteiger partial charge is 0.312 e. The highest BCUT2D eigenvalue weighted by Gasteiger charge is 2.32. The third-order valence-corrected chi connectivity index (χ3v) is 3.89. The molecule has 1 N–H and O–H groups in total. The monoisotopic (exact) mass is 251 g/mol. The number of aromatic nitrogens is 3. The third kappa shape index (κ3) is 3.45. The van der Waals surface area contributed by atoms with Crippen molar-refractivity contribution in [1.82, 2.24) is 20.1 Å². The fourth-order valence-electron chi connectivity index (χ4n) is 1.59. The van der Waals surface area contributed by atoms with E-state index in [4.69, 9.17) is 0 Å². The average Bonchev–Trinajstić information content (AvgIpc) is 3.02. The summed E-state index contributed by atoms with van der Waals surface area (Å²) in [5, 5.41) is 21.3. The highest BCUT2D eigenvalue weighted by molar-refractivity contribution is 7.99. The second kappa shape index (κ2) is 5.07. The summed E-state index contributed by atoms with van der Waals surface area (Å²) in [5.41, 5.74) is -0.410. The molecule has 1 unspecified atom stereocenters. The molecular formula is C11H17N5S. The standard InChI is InChI=1S/C11H17N5S/c1-11(7-12,14-9-3-4-9)5-6-17-10-15-13-8-16(10)2/h8-9,14H,3-6H2,1-2H3. The Morgan fingerprint density at radius 1 is 1.71 bits per heavy atom. The minimum atomic E-state index is -0.410. The van der Waals surface area contributed by atoms with Crippen LogP contribution in [0.2, 0.25) is 0 Å². The van der Waals surface area contributed by atoms with Crippen molar-refractivity contribution < 1.29 is 0 Å². The van der Waals surface area contributed by atoms with E-state index in [1.165, 1.54) is 12.8 Å². The zero-order valence-electron chi connectivity index (χ0n) is 10.2. The van der Waals surface area contributed by atoms with E-state index in [0.29, 0.717) is 6.04 Å². The summed E-state index contributed by atoms with van der Waals surface area (Å²) >= 11 is 1.64. The van der Waals surface area contributed by atoms with Crippen molar-refractivity contribution in [2.75, 3.05) is 5.75 Å². The molecule has 0 aromatic carbocycles. The van der Waals surface area contributed by atoms with E-state index in [1.54, 1.807) is 18.1 Å². The molecule has 17 heavy (non-hydrogen) atoms. The first-order valence-electron chi connectivity index (χ1n) is 5.79. The summed E-state index contributed by atoms with van der Waals surface area (Å²) in [6, 6.07) is 2.93. The van der Waals surface area contributed by atoms with Crippen molar-refractivity contribution in [3.63, 3.8) is 0 Å². The number of nitrogens with zero attached hydrogens (tertiary/aromatic N) is 4. The van der Waals surface area contributed by atoms with Gasteiger partial charge in [0.2, 0.25) is 0 Å². The summed E-state index contributed by atoms with van der Waals surface area (Å²) < 4.78 is 1.89. The van der Waals surface area contributed by atoms with Crippen molar-refractivity contribution in [1.29, 1.82) is 5.26 Å². The van der Waals surface area contributed by atoms with Crippen LogP contribution in [0.25, 0.3) is 0 Å². The van der Waals surface area contributed by atoms with Crippen molar-refractivity contribution in [2.45, 2.75) is 42.9 Å². The first-order valence-corrected chi connectivity index (χ1v) is 6.77. The minimum absolute atomic E-state index is 0.410. The number of hydrogen-bond acceptors (Lipinski definition) is 5. The van der Waals surface area contributed by atoms with Gasteiger partial charge < -0.3 is 4.57 Å². The van der Waals surface area contributed by atoms with Crippen molar-refractivity contribution in [3.8, 4) is 6.07 Å². The Balaban J connectivity index is 1.80. The van der Waals surface area contributed by atoms with Gasteiger partial charge in [-0.1, -0.05) is 11.8 Å². The van der Waals surface area contributed by atoms with Crippen molar-refractivity contribution in [2.24, 2.45) is 7.05 Å². The maximum atomic E-state index is 9.22. The Morgan fingerprint density at radius 3 is 3.00 bits per heavy atom. The lowest BCUT2D eigenvalue weighted by atomic mass is 10.0. The highest BCUT2D eigenvalue weighted by atomic mass is 32.2. The van der Waals surface area contributed by atoms with Gasteiger partial charge in [-0.3, -0.25) is 5.32 Å². The van der Waals surface area contributed by atoms with Gasteiger partial charge in [0.1, 0.15) is 11.9 Å². The predicted molar refractivity (Wildman–Crippen MR) is 66.5 cm³/mol. The summed E-state index contributed by atoms with van der Waals surface area (Å²) in [4.78, 5) is 0. The maximum Gasteiger partial charge on any atom is 0.190 e. The Labute approximate surface area is 106 Å². The fraction of sp³-hybridized carbons (Fsp3) is 0.727. The molecule has 2 rings (SSSR count). The molecule has 0 spiro atoms. The van der Waals surface area contributed by atoms with Crippen LogP contribution in [0.5, 0.6) is 0 Å². The molecule has 1 aliphatic rings. The first kappa shape index (κ1) is 12.4. The fourth-order valence-corrected chi connectivity index (χ4v) is 2.64. The van der Waals surface area contributed by atoms with Gasteiger partial charge in [0, 0.05) is 18.8 Å². The minimum Gasteiger partial charge on any atom is -0.312 e. The lowest BCUT2D eigenvalue weighted by molar-refractivity contribution is 0.433. The molecule has 0 saturated heterocycles. The average molecular weight is 251 g/mol. The molecule has 1 saturated carbocycles. The number of rotatable bonds is 6. The van der Waals surface area contributed by atoms with Gasteiger partial charge in [0.15, 0.2) is 5.16 Å². The van der Waals surface area contributed by atoms with E-state index in [2.05, 4.69) is 21.6 Å². The quantitative estimate of drug-likeness (QED) is 0.773. The van der Waals surface area contributed by atoms with Crippen LogP contribution in [0.4, 0.5) is 0 Å². The first-order chi connectivity index (χ1) is 8.13. The summed E-state index contributed by atoms with van der Waals surface area (Å²) in [6.07, 6.45) is 4.91. The van der Waals surface area contributed by atoms with Gasteiger partial charge in [-0.25, -0.2) is 0 Å². The van der Waals surface area contributed by atoms with E-state index < -0.39 is 5.54 Å². The van der Waals surface area contributed by atoms with Gasteiger partial charge in [-0.15, -0.1) is 10.2 Å². The van der Waals surface area contributed by atoms with Crippen LogP contribution in [0.3, 0.4) is 0 Å². The summed E-state index contributed by atoms with van der Waals surface area (Å²) in [7, 11) is 1.92. The van der Waals surface area contributed by atoms with Crippen molar-refractivity contribution in [3.05, 3.63) is 6.33 Å². The van der Waals surface area contributed by atoms with Crippen LogP contribution < -0.4 is 5.32 Å². The number of thioether (sulfide) groups is 1. The number of hydrogen-bond donors (Lipinski definition) is 1. The number of aryl methyl sites for hydroxylation is 1. The zero-order chi connectivity index (χ0) is 12.3. The van der Waals surface area contributed by atoms with Gasteiger partial charge in [0.05, 0.1) is 6.07 Å². The van der Waals surface area contributed by atoms with Crippen LogP contribution in [0.1, 0.15) is 26.2 Å². The van der Waals surface area contributed by atoms with Gasteiger partial charge in [-0.05, 0) is 26.2 Å². The zero-order valence-corrected chi connectivity index (χ0v) is 11.0. The smallest absolute Gasteiger partial charge is 0.190 e. The molecule has 0 aliphatic heterocycles. The Bertz CT molecular complexity index is 420. The lowest BCUT2D eigenvalue weighted by Crippen LogP contribution is -2.42. The molecule has 1 fully saturated rings. The highest BCUT2D eigenvalue weighted by Crippen LogP contribution is 2.25. The molecular weight excluding hydrogens is 234 g/mol. The second-order valence-corrected chi connectivity index (χ2v) is 5.75. The second-order valence-electron chi connectivity index (χ2n) is 4.69. The molecule has 0 radical (unpaired) electrons. The van der Waals surface area contributed by atoms with Crippen LogP contribution >= 0.6 is 11.8 Å². The van der Waals surface area contributed by atoms with Crippen LogP contribution in [-0.4, -0.2) is 32.1 Å². The summed E-state index contributed by atoms with van der Waals surface area (Å²) in [5.74, 6) is 0.871. The van der Waals surface area contributed by atoms with E-state index in [1.807, 2.05) is 18.5 Å². The molecule has 1 aliphatic carbocycles. The predicted octanol–water partition coefficient (Wildman–Crippen LogP) is 1.33. The lowest BCUT2D eigenvalue weighted by Gasteiger charge is -2.22. The molecule has 6 heteroatoms. The van der Waals surface area contributed by atoms with E-state index in [9.17, 15) is 5.26 Å². The van der Waals surface area contributed by atoms with E-state index in [0.717, 1.165) is 17.3 Å². The number of nitrogens with one attached hydrogen (secondary N) is 1. The Hall–Kier alpha value is -1.06. The third-order valence-electron chi connectivity index (χ3n) is 2.85. The molecule has 1 aromatic heterocycles. The molecule has 0 amide bonds. The number of nitriles is 1. The van der Waals surface area contributed by atoms with Gasteiger partial charge >= 0.3 is 0 Å². The SMILES string of the molecule is Cn1cnnc1SCCC(C)(C#N)NC1CC1. The summed E-state index contributed by atoms with van der Waals surface area (Å²) in [6.45, 7) is 1.97. The molecule has 5 nitrogen and oxygen atoms in total. The van der Waals surface area contributed by atoms with Crippen LogP contribution in [0.15, 0.2) is 11.5 Å². The van der Waals surface area contributed by atoms with Gasteiger partial charge in [-0.2, -0.15) is 5.26 Å². The van der Waals surface area contributed by atoms with Crippen molar-refractivity contribution >= 4 is 11.8 Å². The van der Waals surface area contributed by atoms with E-state index in [-0.39, 0.29) is 0 Å². The van der Waals surface area contributed by atoms with Crippen LogP contribution in [-0.2, 0) is 7.05 Å². The molecule has 1 aromatic rings. The van der Waals surface area contributed by atoms with Gasteiger partial charge in [0.25, 0.3) is 0 Å². The normalized spacial score (nSPS) is 18.6.